The molecule has 1 aliphatic carbocycles. The molecule has 0 radical (unpaired) electrons. The molecule has 0 amide bonds. The van der Waals surface area contributed by atoms with Crippen LogP contribution >= 0.6 is 11.6 Å². The van der Waals surface area contributed by atoms with Gasteiger partial charge in [0.05, 0.1) is 0 Å². The normalized spacial score (nSPS) is 26.0. The number of benzene rings is 1. The molecule has 1 aromatic carbocycles. The van der Waals surface area contributed by atoms with Gasteiger partial charge < -0.3 is 0 Å². The second-order valence-electron chi connectivity index (χ2n) is 3.85. The molecule has 0 N–H and O–H groups in total. The third kappa shape index (κ3) is 1.88. The van der Waals surface area contributed by atoms with E-state index < -0.39 is 0 Å². The molecule has 0 saturated heterocycles. The van der Waals surface area contributed by atoms with Gasteiger partial charge in [0.2, 0.25) is 0 Å². The third-order valence-electron chi connectivity index (χ3n) is 2.94. The van der Waals surface area contributed by atoms with Crippen molar-refractivity contribution < 1.29 is 0 Å². The Morgan fingerprint density at radius 3 is 2.46 bits per heavy atom. The monoisotopic (exact) mass is 194 g/mol. The quantitative estimate of drug-likeness (QED) is 0.646. The highest BCUT2D eigenvalue weighted by molar-refractivity contribution is 6.18. The van der Waals surface area contributed by atoms with E-state index in [4.69, 9.17) is 11.6 Å². The summed E-state index contributed by atoms with van der Waals surface area (Å²) in [5, 5.41) is 0. The van der Waals surface area contributed by atoms with Crippen molar-refractivity contribution in [2.24, 2.45) is 5.92 Å². The maximum atomic E-state index is 5.80. The molecule has 70 valence electrons. The van der Waals surface area contributed by atoms with Gasteiger partial charge in [0.1, 0.15) is 0 Å². The summed E-state index contributed by atoms with van der Waals surface area (Å²) in [7, 11) is 0. The number of alkyl halides is 1. The molecule has 0 aliphatic heterocycles. The zero-order valence-corrected chi connectivity index (χ0v) is 8.72. The van der Waals surface area contributed by atoms with Crippen molar-refractivity contribution in [1.82, 2.24) is 0 Å². The lowest BCUT2D eigenvalue weighted by Crippen LogP contribution is -1.86. The summed E-state index contributed by atoms with van der Waals surface area (Å²) in [6, 6.07) is 8.99. The van der Waals surface area contributed by atoms with Crippen LogP contribution in [0.25, 0.3) is 0 Å². The molecule has 0 nitrogen and oxygen atoms in total. The first-order valence-corrected chi connectivity index (χ1v) is 5.53. The minimum absolute atomic E-state index is 0.745. The van der Waals surface area contributed by atoms with Crippen molar-refractivity contribution in [3.05, 3.63) is 35.4 Å². The molecule has 2 unspecified atom stereocenters. The average molecular weight is 195 g/mol. The molecule has 13 heavy (non-hydrogen) atoms. The van der Waals surface area contributed by atoms with Crippen LogP contribution in [0.1, 0.15) is 30.4 Å². The van der Waals surface area contributed by atoms with Crippen molar-refractivity contribution in [3.8, 4) is 0 Å². The first-order valence-electron chi connectivity index (χ1n) is 5.00. The van der Waals surface area contributed by atoms with E-state index in [9.17, 15) is 0 Å². The minimum Gasteiger partial charge on any atom is -0.126 e. The van der Waals surface area contributed by atoms with Gasteiger partial charge >= 0.3 is 0 Å². The van der Waals surface area contributed by atoms with Gasteiger partial charge in [-0.1, -0.05) is 31.2 Å². The van der Waals surface area contributed by atoms with Gasteiger partial charge in [-0.05, 0) is 35.8 Å². The Bertz CT molecular complexity index is 276. The molecule has 1 heteroatoms. The largest absolute Gasteiger partial charge is 0.126 e. The molecule has 1 saturated carbocycles. The molecule has 1 fully saturated rings. The molecule has 0 heterocycles. The lowest BCUT2D eigenvalue weighted by molar-refractivity contribution is 0.922. The van der Waals surface area contributed by atoms with Crippen LogP contribution in [-0.4, -0.2) is 5.88 Å². The van der Waals surface area contributed by atoms with Crippen LogP contribution in [0.4, 0.5) is 0 Å². The van der Waals surface area contributed by atoms with E-state index in [1.807, 2.05) is 0 Å². The highest BCUT2D eigenvalue weighted by Crippen LogP contribution is 2.47. The molecule has 2 atom stereocenters. The number of hydrogen-bond acceptors (Lipinski definition) is 0. The minimum atomic E-state index is 0.745. The maximum Gasteiger partial charge on any atom is 0.0257 e. The van der Waals surface area contributed by atoms with Gasteiger partial charge in [-0.15, -0.1) is 11.6 Å². The molecule has 0 spiro atoms. The zero-order valence-electron chi connectivity index (χ0n) is 7.96. The van der Waals surface area contributed by atoms with Crippen LogP contribution in [0.3, 0.4) is 0 Å². The van der Waals surface area contributed by atoms with Gasteiger partial charge in [-0.2, -0.15) is 0 Å². The summed E-state index contributed by atoms with van der Waals surface area (Å²) in [5.41, 5.74) is 2.90. The van der Waals surface area contributed by atoms with Crippen molar-refractivity contribution in [1.29, 1.82) is 0 Å². The summed E-state index contributed by atoms with van der Waals surface area (Å²) in [6.07, 6.45) is 2.42. The SMILES string of the molecule is CCc1ccc(C2CC2CCl)cc1. The number of halogens is 1. The van der Waals surface area contributed by atoms with Crippen molar-refractivity contribution in [2.45, 2.75) is 25.7 Å². The number of aryl methyl sites for hydroxylation is 1. The van der Waals surface area contributed by atoms with E-state index in [1.54, 1.807) is 0 Å². The standard InChI is InChI=1S/C12H15Cl/c1-2-9-3-5-10(6-4-9)12-7-11(12)8-13/h3-6,11-12H,2,7-8H2,1H3. The van der Waals surface area contributed by atoms with E-state index in [1.165, 1.54) is 17.5 Å². The predicted molar refractivity (Wildman–Crippen MR) is 57.4 cm³/mol. The van der Waals surface area contributed by atoms with Crippen LogP contribution in [0.2, 0.25) is 0 Å². The molecular formula is C12H15Cl. The first-order chi connectivity index (χ1) is 6.35. The molecular weight excluding hydrogens is 180 g/mol. The first kappa shape index (κ1) is 9.08. The van der Waals surface area contributed by atoms with Gasteiger partial charge in [0, 0.05) is 5.88 Å². The van der Waals surface area contributed by atoms with E-state index in [2.05, 4.69) is 31.2 Å². The van der Waals surface area contributed by atoms with Crippen LogP contribution in [0, 0.1) is 5.92 Å². The van der Waals surface area contributed by atoms with E-state index in [0.29, 0.717) is 0 Å². The van der Waals surface area contributed by atoms with Crippen LogP contribution in [0.5, 0.6) is 0 Å². The fourth-order valence-electron chi connectivity index (χ4n) is 1.83. The van der Waals surface area contributed by atoms with E-state index in [-0.39, 0.29) is 0 Å². The zero-order chi connectivity index (χ0) is 9.26. The maximum absolute atomic E-state index is 5.80. The molecule has 2 rings (SSSR count). The lowest BCUT2D eigenvalue weighted by Gasteiger charge is -2.00. The van der Waals surface area contributed by atoms with Crippen LogP contribution in [-0.2, 0) is 6.42 Å². The van der Waals surface area contributed by atoms with Crippen LogP contribution < -0.4 is 0 Å². The predicted octanol–water partition coefficient (Wildman–Crippen LogP) is 3.59. The third-order valence-corrected chi connectivity index (χ3v) is 3.33. The van der Waals surface area contributed by atoms with Gasteiger partial charge in [-0.25, -0.2) is 0 Å². The van der Waals surface area contributed by atoms with E-state index in [0.717, 1.165) is 24.1 Å². The van der Waals surface area contributed by atoms with Crippen molar-refractivity contribution in [3.63, 3.8) is 0 Å². The van der Waals surface area contributed by atoms with Gasteiger partial charge in [0.15, 0.2) is 0 Å². The smallest absolute Gasteiger partial charge is 0.0257 e. The Labute approximate surface area is 84.9 Å². The highest BCUT2D eigenvalue weighted by atomic mass is 35.5. The van der Waals surface area contributed by atoms with E-state index >= 15 is 0 Å². The second kappa shape index (κ2) is 3.71. The number of rotatable bonds is 3. The summed E-state index contributed by atoms with van der Waals surface area (Å²) in [5.74, 6) is 2.32. The van der Waals surface area contributed by atoms with Crippen molar-refractivity contribution in [2.75, 3.05) is 5.88 Å². The Balaban J connectivity index is 2.07. The topological polar surface area (TPSA) is 0 Å². The fraction of sp³-hybridized carbons (Fsp3) is 0.500. The summed E-state index contributed by atoms with van der Waals surface area (Å²) in [6.45, 7) is 2.19. The molecule has 1 aromatic rings. The van der Waals surface area contributed by atoms with Gasteiger partial charge in [0.25, 0.3) is 0 Å². The molecule has 1 aliphatic rings. The molecule has 0 bridgehead atoms. The molecule has 0 aromatic heterocycles. The Kier molecular flexibility index (Phi) is 2.59. The van der Waals surface area contributed by atoms with Crippen LogP contribution in [0.15, 0.2) is 24.3 Å². The lowest BCUT2D eigenvalue weighted by atomic mass is 10.1. The summed E-state index contributed by atoms with van der Waals surface area (Å²) >= 11 is 5.80. The Morgan fingerprint density at radius 2 is 2.00 bits per heavy atom. The summed E-state index contributed by atoms with van der Waals surface area (Å²) in [4.78, 5) is 0. The highest BCUT2D eigenvalue weighted by Gasteiger charge is 2.36. The van der Waals surface area contributed by atoms with Crippen molar-refractivity contribution >= 4 is 11.6 Å². The summed E-state index contributed by atoms with van der Waals surface area (Å²) < 4.78 is 0. The Morgan fingerprint density at radius 1 is 1.31 bits per heavy atom. The fourth-order valence-corrected chi connectivity index (χ4v) is 2.17. The average Bonchev–Trinajstić information content (AvgIpc) is 2.97. The van der Waals surface area contributed by atoms with Gasteiger partial charge in [-0.3, -0.25) is 0 Å². The second-order valence-corrected chi connectivity index (χ2v) is 4.16. The number of hydrogen-bond donors (Lipinski definition) is 0. The Hall–Kier alpha value is -0.490.